The number of carbonyl (C=O) groups is 3. The largest absolute Gasteiger partial charge is 0.494 e. The maximum Gasteiger partial charge on any atom is 0.276 e. The van der Waals surface area contributed by atoms with E-state index in [2.05, 4.69) is 26.0 Å². The fraction of sp³-hybridized carbons (Fsp3) is 0.458. The lowest BCUT2D eigenvalue weighted by atomic mass is 9.88. The molecule has 194 valence electrons. The van der Waals surface area contributed by atoms with Crippen molar-refractivity contribution in [2.75, 3.05) is 39.3 Å². The SMILES string of the molecule is Cc1cc(C(=O)N2C[C@@H]3C(=O)NCCN(C(=O)Cn4cnnn4)CCCOc4cccc(c4)[C@H]3C2)no1. The van der Waals surface area contributed by atoms with E-state index in [-0.39, 0.29) is 49.0 Å². The van der Waals surface area contributed by atoms with Crippen LogP contribution in [0.5, 0.6) is 5.75 Å². The normalized spacial score (nSPS) is 20.5. The smallest absolute Gasteiger partial charge is 0.276 e. The van der Waals surface area contributed by atoms with Crippen molar-refractivity contribution >= 4 is 17.7 Å². The number of hydrogen-bond donors (Lipinski definition) is 1. The Kier molecular flexibility index (Phi) is 7.10. The van der Waals surface area contributed by atoms with E-state index in [0.717, 1.165) is 5.56 Å². The number of benzene rings is 1. The lowest BCUT2D eigenvalue weighted by Gasteiger charge is -2.25. The minimum Gasteiger partial charge on any atom is -0.494 e. The third-order valence-electron chi connectivity index (χ3n) is 6.64. The third kappa shape index (κ3) is 5.60. The molecular weight excluding hydrogens is 480 g/mol. The van der Waals surface area contributed by atoms with Gasteiger partial charge in [-0.3, -0.25) is 14.4 Å². The highest BCUT2D eigenvalue weighted by Gasteiger charge is 2.41. The highest BCUT2D eigenvalue weighted by molar-refractivity contribution is 5.93. The number of carbonyl (C=O) groups excluding carboxylic acids is 3. The van der Waals surface area contributed by atoms with Crippen molar-refractivity contribution in [3.05, 3.63) is 53.7 Å². The Labute approximate surface area is 212 Å². The number of rotatable bonds is 3. The van der Waals surface area contributed by atoms with Crippen LogP contribution in [0.15, 0.2) is 41.2 Å². The number of nitrogens with one attached hydrogen (secondary N) is 1. The molecule has 2 atom stereocenters. The van der Waals surface area contributed by atoms with E-state index < -0.39 is 5.92 Å². The number of hydrogen-bond acceptors (Lipinski definition) is 9. The first-order valence-corrected chi connectivity index (χ1v) is 12.2. The molecule has 5 rings (SSSR count). The van der Waals surface area contributed by atoms with E-state index in [4.69, 9.17) is 9.26 Å². The van der Waals surface area contributed by atoms with Crippen LogP contribution in [0.4, 0.5) is 0 Å². The van der Waals surface area contributed by atoms with Crippen molar-refractivity contribution in [3.63, 3.8) is 0 Å². The summed E-state index contributed by atoms with van der Waals surface area (Å²) in [7, 11) is 0. The van der Waals surface area contributed by atoms with Crippen molar-refractivity contribution < 1.29 is 23.6 Å². The average Bonchev–Trinajstić information content (AvgIpc) is 3.66. The van der Waals surface area contributed by atoms with Gasteiger partial charge in [0.05, 0.1) is 12.5 Å². The Hall–Kier alpha value is -4.29. The lowest BCUT2D eigenvalue weighted by molar-refractivity contribution is -0.133. The number of aryl methyl sites for hydroxylation is 1. The van der Waals surface area contributed by atoms with Gasteiger partial charge in [-0.1, -0.05) is 17.3 Å². The van der Waals surface area contributed by atoms with Gasteiger partial charge in [0.25, 0.3) is 5.91 Å². The van der Waals surface area contributed by atoms with Crippen molar-refractivity contribution in [2.45, 2.75) is 25.8 Å². The average molecular weight is 509 g/mol. The van der Waals surface area contributed by atoms with Gasteiger partial charge in [0, 0.05) is 44.7 Å². The molecule has 4 heterocycles. The van der Waals surface area contributed by atoms with Crippen LogP contribution in [0.1, 0.15) is 34.2 Å². The second kappa shape index (κ2) is 10.8. The Morgan fingerprint density at radius 3 is 2.78 bits per heavy atom. The zero-order valence-electron chi connectivity index (χ0n) is 20.4. The monoisotopic (exact) mass is 508 g/mol. The molecule has 0 aliphatic carbocycles. The molecule has 1 fully saturated rings. The Bertz CT molecular complexity index is 1260. The van der Waals surface area contributed by atoms with Crippen LogP contribution >= 0.6 is 0 Å². The van der Waals surface area contributed by atoms with Gasteiger partial charge in [0.2, 0.25) is 11.8 Å². The molecule has 0 spiro atoms. The molecule has 2 aromatic heterocycles. The highest BCUT2D eigenvalue weighted by atomic mass is 16.5. The summed E-state index contributed by atoms with van der Waals surface area (Å²) in [5.41, 5.74) is 1.15. The first kappa shape index (κ1) is 24.4. The van der Waals surface area contributed by atoms with Gasteiger partial charge in [0.15, 0.2) is 5.69 Å². The molecule has 0 unspecified atom stereocenters. The number of fused-ring (bicyclic) bond motifs is 4. The molecule has 1 N–H and O–H groups in total. The quantitative estimate of drug-likeness (QED) is 0.525. The van der Waals surface area contributed by atoms with Crippen LogP contribution < -0.4 is 10.1 Å². The molecule has 0 saturated carbocycles. The first-order chi connectivity index (χ1) is 18.0. The lowest BCUT2D eigenvalue weighted by Crippen LogP contribution is -2.43. The van der Waals surface area contributed by atoms with Crippen LogP contribution in [0.3, 0.4) is 0 Å². The van der Waals surface area contributed by atoms with Gasteiger partial charge < -0.3 is 24.4 Å². The molecule has 0 radical (unpaired) electrons. The zero-order chi connectivity index (χ0) is 25.8. The first-order valence-electron chi connectivity index (χ1n) is 12.2. The van der Waals surface area contributed by atoms with Crippen molar-refractivity contribution in [1.29, 1.82) is 0 Å². The molecule has 13 nitrogen and oxygen atoms in total. The van der Waals surface area contributed by atoms with Gasteiger partial charge in [-0.25, -0.2) is 4.68 Å². The van der Waals surface area contributed by atoms with E-state index in [1.807, 2.05) is 24.3 Å². The highest BCUT2D eigenvalue weighted by Crippen LogP contribution is 2.35. The van der Waals surface area contributed by atoms with Crippen molar-refractivity contribution in [2.24, 2.45) is 5.92 Å². The van der Waals surface area contributed by atoms with Gasteiger partial charge in [0.1, 0.15) is 24.4 Å². The third-order valence-corrected chi connectivity index (χ3v) is 6.64. The molecule has 13 heteroatoms. The van der Waals surface area contributed by atoms with Crippen LogP contribution in [-0.4, -0.2) is 92.2 Å². The molecule has 2 bridgehead atoms. The summed E-state index contributed by atoms with van der Waals surface area (Å²) in [6.07, 6.45) is 2.00. The van der Waals surface area contributed by atoms with E-state index in [0.29, 0.717) is 44.2 Å². The number of ether oxygens (including phenoxy) is 1. The van der Waals surface area contributed by atoms with Crippen LogP contribution in [-0.2, 0) is 16.1 Å². The zero-order valence-corrected chi connectivity index (χ0v) is 20.4. The molecule has 3 amide bonds. The predicted molar refractivity (Wildman–Crippen MR) is 127 cm³/mol. The molecule has 1 aromatic carbocycles. The summed E-state index contributed by atoms with van der Waals surface area (Å²) in [4.78, 5) is 42.6. The number of aromatic nitrogens is 5. The minimum absolute atomic E-state index is 0.00708. The summed E-state index contributed by atoms with van der Waals surface area (Å²) in [6, 6.07) is 9.22. The Morgan fingerprint density at radius 2 is 2.00 bits per heavy atom. The maximum atomic E-state index is 13.4. The van der Waals surface area contributed by atoms with Gasteiger partial charge >= 0.3 is 0 Å². The number of amides is 3. The summed E-state index contributed by atoms with van der Waals surface area (Å²) < 4.78 is 12.4. The number of tetrazole rings is 1. The number of likely N-dealkylation sites (tertiary alicyclic amines) is 1. The fourth-order valence-electron chi connectivity index (χ4n) is 4.78. The van der Waals surface area contributed by atoms with E-state index >= 15 is 0 Å². The molecule has 3 aromatic rings. The summed E-state index contributed by atoms with van der Waals surface area (Å²) in [5.74, 6) is -0.0783. The van der Waals surface area contributed by atoms with Crippen molar-refractivity contribution in [1.82, 2.24) is 40.5 Å². The molecule has 2 aliphatic rings. The molecular formula is C24H28N8O5. The molecule has 37 heavy (non-hydrogen) atoms. The van der Waals surface area contributed by atoms with Crippen LogP contribution in [0, 0.1) is 12.8 Å². The van der Waals surface area contributed by atoms with Gasteiger partial charge in [-0.15, -0.1) is 5.10 Å². The molecule has 1 saturated heterocycles. The predicted octanol–water partition coefficient (Wildman–Crippen LogP) is 0.253. The number of nitrogens with zero attached hydrogens (tertiary/aromatic N) is 7. The second-order valence-corrected chi connectivity index (χ2v) is 9.20. The standard InChI is InChI=1S/C24H28N8O5/c1-16-10-21(27-37-16)24(35)31-12-19-17-4-2-5-18(11-17)36-9-3-7-30(8-6-25-23(34)20(19)13-31)22(33)14-32-15-26-28-29-32/h2,4-5,10-11,15,19-20H,3,6-9,12-14H2,1H3,(H,25,34)/t19-,20+/m1/s1. The van der Waals surface area contributed by atoms with Gasteiger partial charge in [-0.05, 0) is 41.5 Å². The Balaban J connectivity index is 1.34. The van der Waals surface area contributed by atoms with Crippen LogP contribution in [0.2, 0.25) is 0 Å². The fourth-order valence-corrected chi connectivity index (χ4v) is 4.78. The van der Waals surface area contributed by atoms with E-state index in [1.165, 1.54) is 11.0 Å². The summed E-state index contributed by atoms with van der Waals surface area (Å²) in [5, 5.41) is 17.7. The second-order valence-electron chi connectivity index (χ2n) is 9.20. The summed E-state index contributed by atoms with van der Waals surface area (Å²) >= 11 is 0. The van der Waals surface area contributed by atoms with Crippen LogP contribution in [0.25, 0.3) is 0 Å². The van der Waals surface area contributed by atoms with E-state index in [1.54, 1.807) is 22.8 Å². The van der Waals surface area contributed by atoms with E-state index in [9.17, 15) is 14.4 Å². The van der Waals surface area contributed by atoms with Gasteiger partial charge in [-0.2, -0.15) is 0 Å². The minimum atomic E-state index is -0.472. The Morgan fingerprint density at radius 1 is 1.14 bits per heavy atom. The summed E-state index contributed by atoms with van der Waals surface area (Å²) in [6.45, 7) is 3.83. The molecule has 2 aliphatic heterocycles. The van der Waals surface area contributed by atoms with Crippen molar-refractivity contribution in [3.8, 4) is 5.75 Å². The topological polar surface area (TPSA) is 149 Å². The maximum absolute atomic E-state index is 13.4.